The van der Waals surface area contributed by atoms with E-state index in [2.05, 4.69) is 5.10 Å². The van der Waals surface area contributed by atoms with Crippen LogP contribution in [0.1, 0.15) is 23.5 Å². The summed E-state index contributed by atoms with van der Waals surface area (Å²) >= 11 is 0. The fourth-order valence-corrected chi connectivity index (χ4v) is 3.16. The molecule has 2 atom stereocenters. The number of alkyl halides is 2. The van der Waals surface area contributed by atoms with Crippen LogP contribution in [0.15, 0.2) is 12.3 Å². The molecule has 1 aromatic rings. The van der Waals surface area contributed by atoms with Gasteiger partial charge in [-0.15, -0.1) is 0 Å². The van der Waals surface area contributed by atoms with Crippen LogP contribution in [0, 0.1) is 10.8 Å². The summed E-state index contributed by atoms with van der Waals surface area (Å²) in [5.41, 5.74) is -3.28. The highest BCUT2D eigenvalue weighted by molar-refractivity contribution is 5.99. The summed E-state index contributed by atoms with van der Waals surface area (Å²) in [6.45, 7) is -3.44. The Hall–Kier alpha value is -2.52. The number of carboxylic acid groups (broad SMARTS) is 2. The zero-order valence-corrected chi connectivity index (χ0v) is 11.1. The fraction of sp³-hybridized carbons (Fsp3) is 0.500. The van der Waals surface area contributed by atoms with Crippen LogP contribution < -0.4 is 0 Å². The first-order valence-corrected chi connectivity index (χ1v) is 6.33. The smallest absolute Gasteiger partial charge is 0.333 e. The Kier molecular flexibility index (Phi) is 2.78. The molecule has 3 rings (SSSR count). The molecular weight excluding hydrogens is 304 g/mol. The molecular formula is C12H11F2N3O5. The van der Waals surface area contributed by atoms with Gasteiger partial charge in [0.05, 0.1) is 0 Å². The molecule has 8 nitrogen and oxygen atoms in total. The average Bonchev–Trinajstić information content (AvgIpc) is 2.81. The number of halogens is 2. The lowest BCUT2D eigenvalue weighted by Crippen LogP contribution is -2.34. The Morgan fingerprint density at radius 2 is 1.73 bits per heavy atom. The summed E-state index contributed by atoms with van der Waals surface area (Å²) in [6, 6.07) is 1.08. The van der Waals surface area contributed by atoms with E-state index in [1.54, 1.807) is 0 Å². The second-order valence-electron chi connectivity index (χ2n) is 5.57. The van der Waals surface area contributed by atoms with Gasteiger partial charge in [0.15, 0.2) is 5.69 Å². The second-order valence-corrected chi connectivity index (χ2v) is 5.57. The topological polar surface area (TPSA) is 113 Å². The Morgan fingerprint density at radius 1 is 1.18 bits per heavy atom. The minimum absolute atomic E-state index is 0.0417. The highest BCUT2D eigenvalue weighted by Crippen LogP contribution is 2.68. The molecule has 22 heavy (non-hydrogen) atoms. The monoisotopic (exact) mass is 315 g/mol. The molecule has 2 aliphatic rings. The van der Waals surface area contributed by atoms with Crippen LogP contribution in [0.3, 0.4) is 0 Å². The second kappa shape index (κ2) is 4.24. The van der Waals surface area contributed by atoms with Crippen molar-refractivity contribution in [3.8, 4) is 0 Å². The van der Waals surface area contributed by atoms with Crippen LogP contribution in [0.2, 0.25) is 0 Å². The quantitative estimate of drug-likeness (QED) is 0.825. The maximum atomic E-state index is 12.4. The zero-order chi connectivity index (χ0) is 16.3. The number of aliphatic carboxylic acids is 2. The van der Waals surface area contributed by atoms with Crippen LogP contribution >= 0.6 is 0 Å². The SMILES string of the molecule is O=C(c1ccn(C(F)F)n1)N1C[C@@]2(C(=O)O)C[C@@]2(C(=O)O)C1. The number of aromatic nitrogens is 2. The summed E-state index contributed by atoms with van der Waals surface area (Å²) in [6.07, 6.45) is 0.883. The van der Waals surface area contributed by atoms with E-state index in [0.29, 0.717) is 4.68 Å². The molecule has 1 aromatic heterocycles. The van der Waals surface area contributed by atoms with Gasteiger partial charge in [0.25, 0.3) is 5.91 Å². The van der Waals surface area contributed by atoms with Crippen molar-refractivity contribution in [1.29, 1.82) is 0 Å². The molecule has 2 fully saturated rings. The summed E-state index contributed by atoms with van der Waals surface area (Å²) in [7, 11) is 0. The van der Waals surface area contributed by atoms with E-state index in [4.69, 9.17) is 0 Å². The van der Waals surface area contributed by atoms with Gasteiger partial charge in [0.1, 0.15) is 10.8 Å². The molecule has 118 valence electrons. The van der Waals surface area contributed by atoms with Gasteiger partial charge >= 0.3 is 18.5 Å². The third-order valence-corrected chi connectivity index (χ3v) is 4.45. The number of piperidine rings is 1. The number of hydrogen-bond acceptors (Lipinski definition) is 4. The molecule has 1 aliphatic carbocycles. The van der Waals surface area contributed by atoms with Crippen molar-refractivity contribution in [1.82, 2.24) is 14.7 Å². The first-order chi connectivity index (χ1) is 10.2. The number of carbonyl (C=O) groups is 3. The molecule has 0 spiro atoms. The highest BCUT2D eigenvalue weighted by Gasteiger charge is 2.81. The normalized spacial score (nSPS) is 29.5. The van der Waals surface area contributed by atoms with Gasteiger partial charge in [-0.05, 0) is 12.5 Å². The molecule has 0 aromatic carbocycles. The predicted molar refractivity (Wildman–Crippen MR) is 64.1 cm³/mol. The number of rotatable bonds is 4. The van der Waals surface area contributed by atoms with Crippen LogP contribution in [0.25, 0.3) is 0 Å². The number of likely N-dealkylation sites (tertiary alicyclic amines) is 1. The van der Waals surface area contributed by atoms with Gasteiger partial charge in [-0.3, -0.25) is 14.4 Å². The Labute approximate surface area is 121 Å². The van der Waals surface area contributed by atoms with E-state index >= 15 is 0 Å². The molecule has 1 saturated carbocycles. The van der Waals surface area contributed by atoms with Gasteiger partial charge in [-0.1, -0.05) is 0 Å². The maximum absolute atomic E-state index is 12.4. The summed E-state index contributed by atoms with van der Waals surface area (Å²) < 4.78 is 25.2. The van der Waals surface area contributed by atoms with E-state index in [-0.39, 0.29) is 25.2 Å². The third kappa shape index (κ3) is 1.66. The minimum Gasteiger partial charge on any atom is -0.481 e. The van der Waals surface area contributed by atoms with Crippen molar-refractivity contribution in [2.24, 2.45) is 10.8 Å². The summed E-state index contributed by atoms with van der Waals surface area (Å²) in [4.78, 5) is 35.9. The number of amides is 1. The Balaban J connectivity index is 1.84. The molecule has 2 heterocycles. The molecule has 0 unspecified atom stereocenters. The molecule has 0 bridgehead atoms. The lowest BCUT2D eigenvalue weighted by molar-refractivity contribution is -0.151. The van der Waals surface area contributed by atoms with Crippen molar-refractivity contribution < 1.29 is 33.4 Å². The van der Waals surface area contributed by atoms with Crippen molar-refractivity contribution in [2.75, 3.05) is 13.1 Å². The number of hydrogen-bond donors (Lipinski definition) is 2. The standard InChI is InChI=1S/C12H11F2N3O5/c13-10(14)17-2-1-6(15-17)7(18)16-4-11(8(19)20)3-12(11,5-16)9(21)22/h1-2,10H,3-5H2,(H,19,20)(H,21,22)/t11-,12+. The van der Waals surface area contributed by atoms with Gasteiger partial charge in [-0.2, -0.15) is 13.9 Å². The first kappa shape index (κ1) is 14.4. The van der Waals surface area contributed by atoms with Gasteiger partial charge in [0.2, 0.25) is 0 Å². The summed E-state index contributed by atoms with van der Waals surface area (Å²) in [5, 5.41) is 21.9. The van der Waals surface area contributed by atoms with Crippen molar-refractivity contribution in [3.63, 3.8) is 0 Å². The van der Waals surface area contributed by atoms with Gasteiger partial charge in [-0.25, -0.2) is 4.68 Å². The van der Waals surface area contributed by atoms with Crippen LogP contribution in [-0.2, 0) is 9.59 Å². The summed E-state index contributed by atoms with van der Waals surface area (Å²) in [5.74, 6) is -3.31. The van der Waals surface area contributed by atoms with Crippen molar-refractivity contribution in [3.05, 3.63) is 18.0 Å². The van der Waals surface area contributed by atoms with E-state index < -0.39 is 35.2 Å². The van der Waals surface area contributed by atoms with Gasteiger partial charge < -0.3 is 15.1 Å². The van der Waals surface area contributed by atoms with E-state index in [0.717, 1.165) is 17.2 Å². The zero-order valence-electron chi connectivity index (χ0n) is 11.1. The van der Waals surface area contributed by atoms with Crippen molar-refractivity contribution >= 4 is 17.8 Å². The average molecular weight is 315 g/mol. The first-order valence-electron chi connectivity index (χ1n) is 6.33. The minimum atomic E-state index is -2.90. The Bertz CT molecular complexity index is 662. The lowest BCUT2D eigenvalue weighted by atomic mass is 9.97. The van der Waals surface area contributed by atoms with E-state index in [9.17, 15) is 33.4 Å². The van der Waals surface area contributed by atoms with Crippen LogP contribution in [0.5, 0.6) is 0 Å². The third-order valence-electron chi connectivity index (χ3n) is 4.45. The van der Waals surface area contributed by atoms with E-state index in [1.807, 2.05) is 0 Å². The largest absolute Gasteiger partial charge is 0.481 e. The molecule has 2 N–H and O–H groups in total. The molecule has 1 aliphatic heterocycles. The molecule has 1 saturated heterocycles. The van der Waals surface area contributed by atoms with E-state index in [1.165, 1.54) is 0 Å². The molecule has 10 heteroatoms. The van der Waals surface area contributed by atoms with Crippen LogP contribution in [0.4, 0.5) is 8.78 Å². The number of fused-ring (bicyclic) bond motifs is 1. The lowest BCUT2D eigenvalue weighted by Gasteiger charge is -2.18. The number of carboxylic acids is 2. The highest BCUT2D eigenvalue weighted by atomic mass is 19.3. The van der Waals surface area contributed by atoms with Crippen molar-refractivity contribution in [2.45, 2.75) is 13.0 Å². The predicted octanol–water partition coefficient (Wildman–Crippen LogP) is 0.280. The molecule has 1 amide bonds. The number of carbonyl (C=O) groups excluding carboxylic acids is 1. The fourth-order valence-electron chi connectivity index (χ4n) is 3.16. The van der Waals surface area contributed by atoms with Gasteiger partial charge in [0, 0.05) is 19.3 Å². The Morgan fingerprint density at radius 3 is 2.14 bits per heavy atom. The number of nitrogens with zero attached hydrogens (tertiary/aromatic N) is 3. The maximum Gasteiger partial charge on any atom is 0.333 e. The molecule has 0 radical (unpaired) electrons. The van der Waals surface area contributed by atoms with Crippen LogP contribution in [-0.4, -0.2) is 55.8 Å².